The summed E-state index contributed by atoms with van der Waals surface area (Å²) in [4.78, 5) is 41.2. The van der Waals surface area contributed by atoms with E-state index < -0.39 is 33.9 Å². The van der Waals surface area contributed by atoms with E-state index in [1.807, 2.05) is 0 Å². The maximum atomic E-state index is 13.5. The Kier molecular flexibility index (Phi) is 5.39. The standard InChI is InChI=1S/C22H22N4O6/c1-3-32-21(28)19-17(13-7-9-14(10-8-13)26(30)31)18-15(12-22(19,2)29)24-25(20(18)27)16-6-4-5-11-23-16/h4-11,17,19,24,29H,3,12H2,1-2H3. The average molecular weight is 438 g/mol. The van der Waals surface area contributed by atoms with Crippen molar-refractivity contribution in [1.29, 1.82) is 0 Å². The Balaban J connectivity index is 1.94. The second-order valence-corrected chi connectivity index (χ2v) is 7.92. The first-order chi connectivity index (χ1) is 15.2. The first kappa shape index (κ1) is 21.4. The molecule has 0 saturated heterocycles. The quantitative estimate of drug-likeness (QED) is 0.353. The number of pyridine rings is 1. The minimum Gasteiger partial charge on any atom is -0.466 e. The number of nitrogens with zero attached hydrogens (tertiary/aromatic N) is 3. The number of hydrogen-bond acceptors (Lipinski definition) is 7. The van der Waals surface area contributed by atoms with Crippen LogP contribution in [0.3, 0.4) is 0 Å². The van der Waals surface area contributed by atoms with E-state index in [9.17, 15) is 24.8 Å². The summed E-state index contributed by atoms with van der Waals surface area (Å²) in [5.74, 6) is -2.24. The number of H-pyrrole nitrogens is 1. The number of aliphatic hydroxyl groups is 1. The molecule has 2 heterocycles. The van der Waals surface area contributed by atoms with Crippen LogP contribution in [0.5, 0.6) is 0 Å². The third kappa shape index (κ3) is 3.58. The van der Waals surface area contributed by atoms with Crippen LogP contribution in [0.4, 0.5) is 5.69 Å². The summed E-state index contributed by atoms with van der Waals surface area (Å²) in [6.45, 7) is 3.29. The summed E-state index contributed by atoms with van der Waals surface area (Å²) in [6.07, 6.45) is 1.57. The van der Waals surface area contributed by atoms with Gasteiger partial charge in [-0.1, -0.05) is 18.2 Å². The minimum absolute atomic E-state index is 0.0182. The molecule has 2 N–H and O–H groups in total. The molecular formula is C22H22N4O6. The number of benzene rings is 1. The van der Waals surface area contributed by atoms with Crippen molar-refractivity contribution in [2.45, 2.75) is 31.8 Å². The van der Waals surface area contributed by atoms with Gasteiger partial charge in [-0.05, 0) is 31.5 Å². The Morgan fingerprint density at radius 1 is 1.34 bits per heavy atom. The number of ether oxygens (including phenoxy) is 1. The molecule has 0 saturated carbocycles. The number of non-ortho nitro benzene ring substituents is 1. The van der Waals surface area contributed by atoms with Gasteiger partial charge in [0, 0.05) is 41.9 Å². The normalized spacial score (nSPS) is 22.2. The van der Waals surface area contributed by atoms with Crippen molar-refractivity contribution in [3.8, 4) is 5.82 Å². The predicted molar refractivity (Wildman–Crippen MR) is 114 cm³/mol. The van der Waals surface area contributed by atoms with Crippen molar-refractivity contribution in [3.63, 3.8) is 0 Å². The van der Waals surface area contributed by atoms with Crippen LogP contribution in [0.15, 0.2) is 53.5 Å². The molecule has 0 radical (unpaired) electrons. The van der Waals surface area contributed by atoms with Gasteiger partial charge in [0.2, 0.25) is 0 Å². The van der Waals surface area contributed by atoms with Crippen LogP contribution in [0, 0.1) is 16.0 Å². The van der Waals surface area contributed by atoms with E-state index in [2.05, 4.69) is 10.1 Å². The highest BCUT2D eigenvalue weighted by molar-refractivity contribution is 5.77. The second-order valence-electron chi connectivity index (χ2n) is 7.92. The Morgan fingerprint density at radius 2 is 2.06 bits per heavy atom. The van der Waals surface area contributed by atoms with Gasteiger partial charge in [-0.3, -0.25) is 24.8 Å². The number of aromatic nitrogens is 3. The molecule has 0 bridgehead atoms. The fourth-order valence-corrected chi connectivity index (χ4v) is 4.38. The van der Waals surface area contributed by atoms with E-state index in [0.717, 1.165) is 0 Å². The lowest BCUT2D eigenvalue weighted by atomic mass is 9.66. The molecule has 4 rings (SSSR count). The van der Waals surface area contributed by atoms with E-state index in [0.29, 0.717) is 22.6 Å². The molecule has 3 aromatic rings. The lowest BCUT2D eigenvalue weighted by molar-refractivity contribution is -0.384. The molecule has 10 heteroatoms. The smallest absolute Gasteiger partial charge is 0.312 e. The average Bonchev–Trinajstić information content (AvgIpc) is 3.08. The first-order valence-corrected chi connectivity index (χ1v) is 10.1. The number of nitro benzene ring substituents is 1. The van der Waals surface area contributed by atoms with Crippen LogP contribution in [0.2, 0.25) is 0 Å². The Labute approximate surface area is 182 Å². The molecule has 0 aliphatic heterocycles. The molecule has 32 heavy (non-hydrogen) atoms. The van der Waals surface area contributed by atoms with Crippen molar-refractivity contribution in [2.24, 2.45) is 5.92 Å². The molecular weight excluding hydrogens is 416 g/mol. The lowest BCUT2D eigenvalue weighted by Gasteiger charge is -2.40. The second kappa shape index (κ2) is 8.04. The van der Waals surface area contributed by atoms with Gasteiger partial charge >= 0.3 is 5.97 Å². The Hall–Kier alpha value is -3.79. The van der Waals surface area contributed by atoms with Gasteiger partial charge in [0.05, 0.1) is 23.0 Å². The van der Waals surface area contributed by atoms with Gasteiger partial charge in [-0.15, -0.1) is 0 Å². The largest absolute Gasteiger partial charge is 0.466 e. The molecule has 3 unspecified atom stereocenters. The Morgan fingerprint density at radius 3 is 2.66 bits per heavy atom. The topological polar surface area (TPSA) is 140 Å². The van der Waals surface area contributed by atoms with Gasteiger partial charge in [-0.2, -0.15) is 0 Å². The van der Waals surface area contributed by atoms with Crippen molar-refractivity contribution in [2.75, 3.05) is 6.61 Å². The van der Waals surface area contributed by atoms with Crippen molar-refractivity contribution in [3.05, 3.63) is 86.0 Å². The van der Waals surface area contributed by atoms with Crippen molar-refractivity contribution in [1.82, 2.24) is 14.8 Å². The number of nitro groups is 1. The molecule has 10 nitrogen and oxygen atoms in total. The van der Waals surface area contributed by atoms with E-state index in [4.69, 9.17) is 4.74 Å². The molecule has 3 atom stereocenters. The minimum atomic E-state index is -1.54. The molecule has 0 amide bonds. The van der Waals surface area contributed by atoms with Gasteiger partial charge in [0.1, 0.15) is 0 Å². The van der Waals surface area contributed by atoms with Gasteiger partial charge in [0.15, 0.2) is 5.82 Å². The van der Waals surface area contributed by atoms with Crippen LogP contribution in [0.25, 0.3) is 5.82 Å². The molecule has 1 aliphatic carbocycles. The van der Waals surface area contributed by atoms with Crippen LogP contribution >= 0.6 is 0 Å². The number of fused-ring (bicyclic) bond motifs is 1. The summed E-state index contributed by atoms with van der Waals surface area (Å²) < 4.78 is 6.51. The first-order valence-electron chi connectivity index (χ1n) is 10.1. The van der Waals surface area contributed by atoms with Crippen molar-refractivity contribution >= 4 is 11.7 Å². The highest BCUT2D eigenvalue weighted by atomic mass is 16.6. The molecule has 1 aromatic carbocycles. The van der Waals surface area contributed by atoms with E-state index in [1.165, 1.54) is 35.9 Å². The number of esters is 1. The van der Waals surface area contributed by atoms with Gasteiger partial charge in [-0.25, -0.2) is 9.67 Å². The van der Waals surface area contributed by atoms with E-state index in [-0.39, 0.29) is 18.7 Å². The zero-order valence-corrected chi connectivity index (χ0v) is 17.5. The maximum Gasteiger partial charge on any atom is 0.312 e. The number of nitrogens with one attached hydrogen (secondary N) is 1. The summed E-state index contributed by atoms with van der Waals surface area (Å²) in [6, 6.07) is 10.7. The zero-order valence-electron chi connectivity index (χ0n) is 17.5. The number of carbonyl (C=O) groups is 1. The number of carbonyl (C=O) groups excluding carboxylic acids is 1. The van der Waals surface area contributed by atoms with E-state index >= 15 is 0 Å². The zero-order chi connectivity index (χ0) is 23.0. The summed E-state index contributed by atoms with van der Waals surface area (Å²) in [5.41, 5.74) is -0.816. The summed E-state index contributed by atoms with van der Waals surface area (Å²) in [5, 5.41) is 25.4. The predicted octanol–water partition coefficient (Wildman–Crippen LogP) is 2.09. The maximum absolute atomic E-state index is 13.5. The highest BCUT2D eigenvalue weighted by Gasteiger charge is 2.51. The van der Waals surface area contributed by atoms with Crippen LogP contribution < -0.4 is 5.56 Å². The number of hydrogen-bond donors (Lipinski definition) is 2. The number of aromatic amines is 1. The van der Waals surface area contributed by atoms with Gasteiger partial charge < -0.3 is 9.84 Å². The highest BCUT2D eigenvalue weighted by Crippen LogP contribution is 2.45. The molecule has 0 fully saturated rings. The number of rotatable bonds is 5. The molecule has 166 valence electrons. The Bertz CT molecular complexity index is 1210. The fourth-order valence-electron chi connectivity index (χ4n) is 4.38. The summed E-state index contributed by atoms with van der Waals surface area (Å²) in [7, 11) is 0. The van der Waals surface area contributed by atoms with Gasteiger partial charge in [0.25, 0.3) is 11.2 Å². The molecule has 0 spiro atoms. The summed E-state index contributed by atoms with van der Waals surface area (Å²) >= 11 is 0. The van der Waals surface area contributed by atoms with Crippen molar-refractivity contribution < 1.29 is 19.6 Å². The third-order valence-electron chi connectivity index (χ3n) is 5.74. The molecule has 2 aromatic heterocycles. The monoisotopic (exact) mass is 438 g/mol. The van der Waals surface area contributed by atoms with Crippen LogP contribution in [-0.4, -0.2) is 43.0 Å². The lowest BCUT2D eigenvalue weighted by Crippen LogP contribution is -2.50. The fraction of sp³-hybridized carbons (Fsp3) is 0.318. The van der Waals surface area contributed by atoms with Crippen LogP contribution in [-0.2, 0) is 16.0 Å². The van der Waals surface area contributed by atoms with E-state index in [1.54, 1.807) is 31.3 Å². The molecule has 1 aliphatic rings. The third-order valence-corrected chi connectivity index (χ3v) is 5.74. The SMILES string of the molecule is CCOC(=O)C1C(c2ccc([N+](=O)[O-])cc2)c2c([nH]n(-c3ccccn3)c2=O)CC1(C)O. The van der Waals surface area contributed by atoms with Crippen LogP contribution in [0.1, 0.15) is 36.6 Å².